The highest BCUT2D eigenvalue weighted by molar-refractivity contribution is 7.98. The molecule has 1 aromatic carbocycles. The van der Waals surface area contributed by atoms with Crippen molar-refractivity contribution in [3.63, 3.8) is 0 Å². The van der Waals surface area contributed by atoms with E-state index in [-0.39, 0.29) is 0 Å². The first-order chi connectivity index (χ1) is 12.2. The Morgan fingerprint density at radius 1 is 1.08 bits per heavy atom. The van der Waals surface area contributed by atoms with Crippen LogP contribution in [0.15, 0.2) is 29.4 Å². The second kappa shape index (κ2) is 7.49. The molecular weight excluding hydrogens is 399 g/mol. The Balaban J connectivity index is 1.71. The summed E-state index contributed by atoms with van der Waals surface area (Å²) in [5.74, 6) is 1.41. The molecule has 4 rings (SSSR count). The highest BCUT2D eigenvalue weighted by atomic mass is 35.5. The van der Waals surface area contributed by atoms with E-state index in [2.05, 4.69) is 24.7 Å². The predicted molar refractivity (Wildman–Crippen MR) is 102 cm³/mol. The highest BCUT2D eigenvalue weighted by Crippen LogP contribution is 2.33. The number of rotatable bonds is 5. The molecule has 1 fully saturated rings. The lowest BCUT2D eigenvalue weighted by molar-refractivity contribution is 0.841. The normalized spacial score (nSPS) is 14.4. The number of benzene rings is 1. The summed E-state index contributed by atoms with van der Waals surface area (Å²) < 4.78 is 6.50. The molecule has 3 heterocycles. The van der Waals surface area contributed by atoms with Crippen molar-refractivity contribution in [2.45, 2.75) is 23.8 Å². The van der Waals surface area contributed by atoms with Gasteiger partial charge in [0.2, 0.25) is 5.95 Å². The smallest absolute Gasteiger partial charge is 0.232 e. The van der Waals surface area contributed by atoms with E-state index in [9.17, 15) is 0 Å². The van der Waals surface area contributed by atoms with Crippen molar-refractivity contribution in [2.24, 2.45) is 0 Å². The Hall–Kier alpha value is -1.35. The van der Waals surface area contributed by atoms with Crippen LogP contribution in [0.5, 0.6) is 0 Å². The first-order valence-corrected chi connectivity index (χ1v) is 10.3. The zero-order valence-electron chi connectivity index (χ0n) is 13.1. The molecule has 0 N–H and O–H groups in total. The minimum absolute atomic E-state index is 0.581. The molecule has 0 radical (unpaired) electrons. The van der Waals surface area contributed by atoms with Gasteiger partial charge < -0.3 is 4.90 Å². The number of anilines is 1. The molecule has 1 aliphatic rings. The fraction of sp³-hybridized carbons (Fsp3) is 0.333. The Labute approximate surface area is 163 Å². The van der Waals surface area contributed by atoms with Gasteiger partial charge in [0.15, 0.2) is 5.16 Å². The molecule has 0 bridgehead atoms. The maximum Gasteiger partial charge on any atom is 0.232 e. The Morgan fingerprint density at radius 3 is 2.60 bits per heavy atom. The topological polar surface area (TPSA) is 59.7 Å². The molecule has 2 aromatic heterocycles. The van der Waals surface area contributed by atoms with Crippen LogP contribution in [0.3, 0.4) is 0 Å². The second-order valence-corrected chi connectivity index (χ2v) is 8.25. The Bertz CT molecular complexity index is 875. The molecule has 25 heavy (non-hydrogen) atoms. The standard InChI is InChI=1S/C15H14Cl2N6S2/c16-10-5-1-2-6-12(10)23-14(22-7-3-4-8-22)19-20-15(23)24-9-11-13(17)25-21-18-11/h1-2,5-6H,3-4,7-9H2. The van der Waals surface area contributed by atoms with Crippen molar-refractivity contribution in [3.05, 3.63) is 39.3 Å². The summed E-state index contributed by atoms with van der Waals surface area (Å²) in [6.45, 7) is 1.96. The summed E-state index contributed by atoms with van der Waals surface area (Å²) >= 11 is 15.3. The molecular formula is C15H14Cl2N6S2. The summed E-state index contributed by atoms with van der Waals surface area (Å²) in [7, 11) is 0. The van der Waals surface area contributed by atoms with E-state index in [0.29, 0.717) is 15.1 Å². The molecule has 0 spiro atoms. The van der Waals surface area contributed by atoms with Gasteiger partial charge in [-0.3, -0.25) is 4.57 Å². The molecule has 0 aliphatic carbocycles. The minimum atomic E-state index is 0.581. The van der Waals surface area contributed by atoms with Crippen LogP contribution in [-0.2, 0) is 5.75 Å². The van der Waals surface area contributed by atoms with Gasteiger partial charge in [0.1, 0.15) is 10.0 Å². The van der Waals surface area contributed by atoms with Crippen molar-refractivity contribution in [2.75, 3.05) is 18.0 Å². The van der Waals surface area contributed by atoms with Gasteiger partial charge in [-0.1, -0.05) is 51.6 Å². The van der Waals surface area contributed by atoms with Crippen LogP contribution in [0, 0.1) is 0 Å². The van der Waals surface area contributed by atoms with E-state index < -0.39 is 0 Å². The predicted octanol–water partition coefficient (Wildman–Crippen LogP) is 4.32. The van der Waals surface area contributed by atoms with Crippen molar-refractivity contribution in [1.82, 2.24) is 24.4 Å². The minimum Gasteiger partial charge on any atom is -0.341 e. The van der Waals surface area contributed by atoms with Crippen LogP contribution in [0.1, 0.15) is 18.5 Å². The fourth-order valence-electron chi connectivity index (χ4n) is 2.74. The average Bonchev–Trinajstić information content (AvgIpc) is 3.34. The molecule has 0 unspecified atom stereocenters. The number of halogens is 2. The summed E-state index contributed by atoms with van der Waals surface area (Å²) in [5, 5.41) is 14.3. The van der Waals surface area contributed by atoms with E-state index >= 15 is 0 Å². The third-order valence-corrected chi connectivity index (χ3v) is 6.19. The molecule has 0 atom stereocenters. The van der Waals surface area contributed by atoms with Gasteiger partial charge in [0.05, 0.1) is 10.7 Å². The molecule has 1 saturated heterocycles. The van der Waals surface area contributed by atoms with Crippen molar-refractivity contribution >= 4 is 52.4 Å². The van der Waals surface area contributed by atoms with Gasteiger partial charge >= 0.3 is 0 Å². The lowest BCUT2D eigenvalue weighted by Crippen LogP contribution is -2.22. The van der Waals surface area contributed by atoms with E-state index in [4.69, 9.17) is 23.2 Å². The van der Waals surface area contributed by atoms with Gasteiger partial charge in [0.25, 0.3) is 0 Å². The number of para-hydroxylation sites is 1. The molecule has 6 nitrogen and oxygen atoms in total. The van der Waals surface area contributed by atoms with Gasteiger partial charge in [-0.25, -0.2) is 0 Å². The molecule has 3 aromatic rings. The van der Waals surface area contributed by atoms with Crippen LogP contribution in [-0.4, -0.2) is 37.4 Å². The Morgan fingerprint density at radius 2 is 1.88 bits per heavy atom. The van der Waals surface area contributed by atoms with Crippen molar-refractivity contribution in [1.29, 1.82) is 0 Å². The lowest BCUT2D eigenvalue weighted by Gasteiger charge is -2.19. The third-order valence-electron chi connectivity index (χ3n) is 3.95. The summed E-state index contributed by atoms with van der Waals surface area (Å²) in [4.78, 5) is 2.25. The van der Waals surface area contributed by atoms with Gasteiger partial charge in [0, 0.05) is 30.4 Å². The first-order valence-electron chi connectivity index (χ1n) is 7.79. The second-order valence-electron chi connectivity index (χ2n) is 5.55. The quantitative estimate of drug-likeness (QED) is 0.581. The number of aromatic nitrogens is 5. The summed E-state index contributed by atoms with van der Waals surface area (Å²) in [6.07, 6.45) is 2.33. The zero-order chi connectivity index (χ0) is 17.2. The van der Waals surface area contributed by atoms with Crippen LogP contribution in [0.2, 0.25) is 9.36 Å². The van der Waals surface area contributed by atoms with Crippen molar-refractivity contribution in [3.8, 4) is 5.69 Å². The monoisotopic (exact) mass is 412 g/mol. The van der Waals surface area contributed by atoms with Crippen molar-refractivity contribution < 1.29 is 0 Å². The fourth-order valence-corrected chi connectivity index (χ4v) is 4.63. The van der Waals surface area contributed by atoms with Crippen LogP contribution >= 0.6 is 46.5 Å². The first kappa shape index (κ1) is 17.1. The number of hydrogen-bond acceptors (Lipinski definition) is 7. The molecule has 1 aliphatic heterocycles. The van der Waals surface area contributed by atoms with Gasteiger partial charge in [-0.05, 0) is 25.0 Å². The van der Waals surface area contributed by atoms with Crippen LogP contribution in [0.4, 0.5) is 5.95 Å². The van der Waals surface area contributed by atoms with Gasteiger partial charge in [-0.2, -0.15) is 0 Å². The van der Waals surface area contributed by atoms with Crippen LogP contribution < -0.4 is 4.90 Å². The summed E-state index contributed by atoms with van der Waals surface area (Å²) in [5.41, 5.74) is 1.63. The molecule has 0 amide bonds. The largest absolute Gasteiger partial charge is 0.341 e. The maximum absolute atomic E-state index is 6.45. The van der Waals surface area contributed by atoms with Gasteiger partial charge in [-0.15, -0.1) is 15.3 Å². The number of hydrogen-bond donors (Lipinski definition) is 0. The Kier molecular flexibility index (Phi) is 5.12. The highest BCUT2D eigenvalue weighted by Gasteiger charge is 2.23. The van der Waals surface area contributed by atoms with E-state index in [1.165, 1.54) is 23.3 Å². The van der Waals surface area contributed by atoms with E-state index in [1.807, 2.05) is 28.8 Å². The molecule has 130 valence electrons. The SMILES string of the molecule is Clc1ccccc1-n1c(SCc2nnsc2Cl)nnc1N1CCCC1. The van der Waals surface area contributed by atoms with Crippen LogP contribution in [0.25, 0.3) is 5.69 Å². The molecule has 10 heteroatoms. The zero-order valence-corrected chi connectivity index (χ0v) is 16.2. The van der Waals surface area contributed by atoms with E-state index in [0.717, 1.165) is 48.4 Å². The maximum atomic E-state index is 6.45. The number of nitrogens with zero attached hydrogens (tertiary/aromatic N) is 6. The third kappa shape index (κ3) is 3.48. The number of thioether (sulfide) groups is 1. The lowest BCUT2D eigenvalue weighted by atomic mass is 10.3. The van der Waals surface area contributed by atoms with E-state index in [1.54, 1.807) is 0 Å². The molecule has 0 saturated carbocycles. The average molecular weight is 413 g/mol. The summed E-state index contributed by atoms with van der Waals surface area (Å²) in [6, 6.07) is 7.73.